The smallest absolute Gasteiger partial charge is 0.315 e. The second-order valence-electron chi connectivity index (χ2n) is 4.81. The van der Waals surface area contributed by atoms with Gasteiger partial charge in [0.1, 0.15) is 13.2 Å². The van der Waals surface area contributed by atoms with Gasteiger partial charge in [-0.1, -0.05) is 49.8 Å². The molecule has 0 spiro atoms. The van der Waals surface area contributed by atoms with Crippen LogP contribution < -0.4 is 4.89 Å². The fourth-order valence-corrected chi connectivity index (χ4v) is 4.22. The molecule has 1 aliphatic heterocycles. The van der Waals surface area contributed by atoms with E-state index in [-0.39, 0.29) is 6.04 Å². The Bertz CT molecular complexity index is 420. The molecule has 4 nitrogen and oxygen atoms in total. The summed E-state index contributed by atoms with van der Waals surface area (Å²) in [5, 5.41) is 0. The van der Waals surface area contributed by atoms with Crippen LogP contribution in [0, 0.1) is 0 Å². The fraction of sp³-hybridized carbons (Fsp3) is 0.467. The summed E-state index contributed by atoms with van der Waals surface area (Å²) >= 11 is 0. The number of rotatable bonds is 7. The van der Waals surface area contributed by atoms with E-state index in [2.05, 4.69) is 13.5 Å². The molecule has 5 heteroatoms. The van der Waals surface area contributed by atoms with E-state index in [1.165, 1.54) is 0 Å². The van der Waals surface area contributed by atoms with Gasteiger partial charge in [-0.25, -0.2) is 0 Å². The number of nitrogens with zero attached hydrogens (tertiary/aromatic N) is 1. The summed E-state index contributed by atoms with van der Waals surface area (Å²) in [4.78, 5) is 12.8. The monoisotopic (exact) mass is 295 g/mol. The lowest BCUT2D eigenvalue weighted by molar-refractivity contribution is -0.225. The SMILES string of the molecule is C=CC(CCC)N(Cc1ccccc1)[P+]1([O-])OCCO1. The number of hydrogen-bond acceptors (Lipinski definition) is 4. The third kappa shape index (κ3) is 3.66. The van der Waals surface area contributed by atoms with Crippen molar-refractivity contribution in [3.8, 4) is 0 Å². The first-order chi connectivity index (χ1) is 9.69. The Balaban J connectivity index is 2.21. The van der Waals surface area contributed by atoms with Crippen molar-refractivity contribution in [2.75, 3.05) is 13.2 Å². The molecular formula is C15H22NO3P. The Kier molecular flexibility index (Phi) is 5.70. The Morgan fingerprint density at radius 2 is 2.00 bits per heavy atom. The van der Waals surface area contributed by atoms with Crippen LogP contribution in [0.2, 0.25) is 0 Å². The van der Waals surface area contributed by atoms with Gasteiger partial charge in [-0.15, -0.1) is 11.2 Å². The molecule has 0 N–H and O–H groups in total. The molecule has 1 aromatic carbocycles. The van der Waals surface area contributed by atoms with Crippen molar-refractivity contribution in [1.29, 1.82) is 0 Å². The minimum Gasteiger partial charge on any atom is -0.616 e. The zero-order valence-electron chi connectivity index (χ0n) is 11.9. The van der Waals surface area contributed by atoms with Crippen molar-refractivity contribution >= 4 is 8.09 Å². The molecule has 110 valence electrons. The first-order valence-corrected chi connectivity index (χ1v) is 8.52. The van der Waals surface area contributed by atoms with Crippen LogP contribution in [0.1, 0.15) is 25.3 Å². The third-order valence-electron chi connectivity index (χ3n) is 3.33. The Labute approximate surface area is 121 Å². The summed E-state index contributed by atoms with van der Waals surface area (Å²) < 4.78 is 12.7. The quantitative estimate of drug-likeness (QED) is 0.573. The maximum atomic E-state index is 12.8. The molecule has 0 amide bonds. The van der Waals surface area contributed by atoms with Crippen molar-refractivity contribution in [1.82, 2.24) is 4.67 Å². The van der Waals surface area contributed by atoms with Gasteiger partial charge in [-0.2, -0.15) is 9.05 Å². The maximum absolute atomic E-state index is 12.8. The molecule has 1 fully saturated rings. The second-order valence-corrected chi connectivity index (χ2v) is 6.78. The van der Waals surface area contributed by atoms with E-state index in [0.717, 1.165) is 18.4 Å². The van der Waals surface area contributed by atoms with Gasteiger partial charge < -0.3 is 4.89 Å². The maximum Gasteiger partial charge on any atom is 0.315 e. The van der Waals surface area contributed by atoms with Gasteiger partial charge >= 0.3 is 8.09 Å². The predicted molar refractivity (Wildman–Crippen MR) is 79.7 cm³/mol. The summed E-state index contributed by atoms with van der Waals surface area (Å²) in [5.41, 5.74) is 1.09. The third-order valence-corrected chi connectivity index (χ3v) is 5.42. The van der Waals surface area contributed by atoms with E-state index in [0.29, 0.717) is 19.8 Å². The van der Waals surface area contributed by atoms with E-state index in [9.17, 15) is 4.89 Å². The Morgan fingerprint density at radius 1 is 1.35 bits per heavy atom. The van der Waals surface area contributed by atoms with Crippen molar-refractivity contribution in [3.63, 3.8) is 0 Å². The predicted octanol–water partition coefficient (Wildman–Crippen LogP) is 2.93. The highest BCUT2D eigenvalue weighted by Crippen LogP contribution is 2.60. The van der Waals surface area contributed by atoms with Crippen molar-refractivity contribution in [2.24, 2.45) is 0 Å². The van der Waals surface area contributed by atoms with Crippen molar-refractivity contribution in [2.45, 2.75) is 32.4 Å². The van der Waals surface area contributed by atoms with Crippen LogP contribution in [0.25, 0.3) is 0 Å². The molecule has 2 rings (SSSR count). The fourth-order valence-electron chi connectivity index (χ4n) is 2.33. The molecule has 1 heterocycles. The van der Waals surface area contributed by atoms with Crippen LogP contribution in [0.4, 0.5) is 0 Å². The molecule has 0 aromatic heterocycles. The lowest BCUT2D eigenvalue weighted by Crippen LogP contribution is -2.38. The van der Waals surface area contributed by atoms with Gasteiger partial charge in [0.25, 0.3) is 0 Å². The Morgan fingerprint density at radius 3 is 2.55 bits per heavy atom. The molecule has 0 bridgehead atoms. The van der Waals surface area contributed by atoms with Crippen LogP contribution in [-0.2, 0) is 15.6 Å². The summed E-state index contributed by atoms with van der Waals surface area (Å²) in [6.45, 7) is 7.28. The standard InChI is InChI=1S/C15H22NO3P/c1-3-8-15(4-2)16(20(17)18-11-12-19-20)13-14-9-6-5-7-10-14/h4-7,9-10,15H,2-3,8,11-13H2,1H3. The van der Waals surface area contributed by atoms with Gasteiger partial charge in [0.05, 0.1) is 12.6 Å². The summed E-state index contributed by atoms with van der Waals surface area (Å²) in [6, 6.07) is 9.94. The summed E-state index contributed by atoms with van der Waals surface area (Å²) in [7, 11) is -3.19. The van der Waals surface area contributed by atoms with Gasteiger partial charge in [0.15, 0.2) is 0 Å². The largest absolute Gasteiger partial charge is 0.616 e. The average Bonchev–Trinajstić information content (AvgIpc) is 2.91. The molecule has 20 heavy (non-hydrogen) atoms. The van der Waals surface area contributed by atoms with Gasteiger partial charge in [-0.05, 0) is 12.0 Å². The molecule has 0 saturated carbocycles. The van der Waals surface area contributed by atoms with Crippen LogP contribution >= 0.6 is 8.09 Å². The van der Waals surface area contributed by atoms with E-state index in [1.807, 2.05) is 41.1 Å². The zero-order chi connectivity index (χ0) is 14.4. The molecule has 1 aromatic rings. The minimum absolute atomic E-state index is 0.0101. The van der Waals surface area contributed by atoms with Crippen LogP contribution in [0.5, 0.6) is 0 Å². The number of benzene rings is 1. The molecule has 1 aliphatic rings. The first kappa shape index (κ1) is 15.6. The Hall–Kier alpha value is -0.770. The van der Waals surface area contributed by atoms with E-state index >= 15 is 0 Å². The highest BCUT2D eigenvalue weighted by molar-refractivity contribution is 7.56. The van der Waals surface area contributed by atoms with E-state index < -0.39 is 8.09 Å². The molecule has 0 aliphatic carbocycles. The molecular weight excluding hydrogens is 273 g/mol. The van der Waals surface area contributed by atoms with E-state index in [1.54, 1.807) is 0 Å². The lowest BCUT2D eigenvalue weighted by Gasteiger charge is -2.36. The first-order valence-electron chi connectivity index (χ1n) is 7.02. The second kappa shape index (κ2) is 7.30. The van der Waals surface area contributed by atoms with Crippen LogP contribution in [0.3, 0.4) is 0 Å². The van der Waals surface area contributed by atoms with Crippen LogP contribution in [0.15, 0.2) is 43.0 Å². The molecule has 0 radical (unpaired) electrons. The number of hydrogen-bond donors (Lipinski definition) is 0. The summed E-state index contributed by atoms with van der Waals surface area (Å²) in [6.07, 6.45) is 3.70. The highest BCUT2D eigenvalue weighted by Gasteiger charge is 2.46. The highest BCUT2D eigenvalue weighted by atomic mass is 31.2. The molecule has 1 atom stereocenters. The normalized spacial score (nSPS) is 19.1. The minimum atomic E-state index is -3.19. The summed E-state index contributed by atoms with van der Waals surface area (Å²) in [5.74, 6) is 0. The van der Waals surface area contributed by atoms with Gasteiger partial charge in [-0.3, -0.25) is 0 Å². The van der Waals surface area contributed by atoms with Gasteiger partial charge in [0.2, 0.25) is 0 Å². The average molecular weight is 295 g/mol. The molecule has 1 unspecified atom stereocenters. The van der Waals surface area contributed by atoms with Gasteiger partial charge in [0, 0.05) is 0 Å². The van der Waals surface area contributed by atoms with Crippen LogP contribution in [-0.4, -0.2) is 23.9 Å². The van der Waals surface area contributed by atoms with Crippen molar-refractivity contribution in [3.05, 3.63) is 48.6 Å². The van der Waals surface area contributed by atoms with E-state index in [4.69, 9.17) is 9.05 Å². The topological polar surface area (TPSA) is 44.8 Å². The molecule has 1 saturated heterocycles. The lowest BCUT2D eigenvalue weighted by atomic mass is 10.1. The van der Waals surface area contributed by atoms with Crippen molar-refractivity contribution < 1.29 is 13.9 Å². The zero-order valence-corrected chi connectivity index (χ0v) is 12.8.